The summed E-state index contributed by atoms with van der Waals surface area (Å²) in [6.45, 7) is 0. The number of nitrogen functional groups attached to an aromatic ring is 1. The Balaban J connectivity index is 2.06. The second-order valence-electron chi connectivity index (χ2n) is 4.17. The lowest BCUT2D eigenvalue weighted by atomic mass is 10.1. The van der Waals surface area contributed by atoms with Gasteiger partial charge >= 0.3 is 0 Å². The van der Waals surface area contributed by atoms with Gasteiger partial charge in [0.1, 0.15) is 12.0 Å². The molecule has 6 heteroatoms. The van der Waals surface area contributed by atoms with E-state index in [4.69, 9.17) is 10.5 Å². The molecule has 0 aliphatic rings. The molecule has 1 aromatic carbocycles. The number of hydrogen-bond donors (Lipinski definition) is 2. The third kappa shape index (κ3) is 2.07. The van der Waals surface area contributed by atoms with Crippen LogP contribution in [0.5, 0.6) is 5.88 Å². The summed E-state index contributed by atoms with van der Waals surface area (Å²) in [6.07, 6.45) is 4.96. The number of methoxy groups -OCH3 is 1. The van der Waals surface area contributed by atoms with Crippen molar-refractivity contribution in [3.63, 3.8) is 0 Å². The Bertz CT molecular complexity index is 754. The van der Waals surface area contributed by atoms with E-state index in [2.05, 4.69) is 20.3 Å². The predicted molar refractivity (Wildman–Crippen MR) is 78.0 cm³/mol. The fourth-order valence-corrected chi connectivity index (χ4v) is 2.00. The van der Waals surface area contributed by atoms with Gasteiger partial charge < -0.3 is 15.8 Å². The first-order valence-electron chi connectivity index (χ1n) is 6.04. The van der Waals surface area contributed by atoms with Crippen LogP contribution in [0.3, 0.4) is 0 Å². The van der Waals surface area contributed by atoms with Crippen molar-refractivity contribution in [3.8, 4) is 5.88 Å². The van der Waals surface area contributed by atoms with E-state index in [9.17, 15) is 0 Å². The lowest BCUT2D eigenvalue weighted by molar-refractivity contribution is 0.399. The van der Waals surface area contributed by atoms with Crippen molar-refractivity contribution in [2.45, 2.75) is 0 Å². The van der Waals surface area contributed by atoms with E-state index in [0.29, 0.717) is 17.4 Å². The van der Waals surface area contributed by atoms with Gasteiger partial charge in [0.25, 0.3) is 0 Å². The molecule has 0 saturated carbocycles. The first kappa shape index (κ1) is 12.2. The molecule has 3 aromatic rings. The topological polar surface area (TPSA) is 86.0 Å². The Morgan fingerprint density at radius 2 is 2.10 bits per heavy atom. The third-order valence-corrected chi connectivity index (χ3v) is 2.97. The Morgan fingerprint density at radius 1 is 1.20 bits per heavy atom. The van der Waals surface area contributed by atoms with Gasteiger partial charge in [0.15, 0.2) is 5.82 Å². The van der Waals surface area contributed by atoms with Gasteiger partial charge in [0.05, 0.1) is 7.11 Å². The van der Waals surface area contributed by atoms with Gasteiger partial charge in [0, 0.05) is 28.9 Å². The monoisotopic (exact) mass is 267 g/mol. The molecule has 2 aromatic heterocycles. The number of nitrogens with zero attached hydrogens (tertiary/aromatic N) is 3. The molecule has 0 aliphatic heterocycles. The van der Waals surface area contributed by atoms with Crippen LogP contribution in [-0.4, -0.2) is 22.1 Å². The number of pyridine rings is 1. The second-order valence-corrected chi connectivity index (χ2v) is 4.17. The molecular weight excluding hydrogens is 254 g/mol. The standard InChI is InChI=1S/C14H13N5O/c1-20-14-12(15)13(17-8-18-14)19-11-4-2-3-9-7-16-6-5-10(9)11/h2-8H,15H2,1H3,(H,17,18,19). The number of anilines is 3. The minimum atomic E-state index is 0.351. The molecule has 2 heterocycles. The molecule has 0 radical (unpaired) electrons. The van der Waals surface area contributed by atoms with Crippen LogP contribution in [0.4, 0.5) is 17.2 Å². The van der Waals surface area contributed by atoms with E-state index >= 15 is 0 Å². The third-order valence-electron chi connectivity index (χ3n) is 2.97. The molecular formula is C14H13N5O. The maximum atomic E-state index is 5.96. The maximum absolute atomic E-state index is 5.96. The van der Waals surface area contributed by atoms with Crippen molar-refractivity contribution in [1.29, 1.82) is 0 Å². The molecule has 0 amide bonds. The highest BCUT2D eigenvalue weighted by Gasteiger charge is 2.09. The van der Waals surface area contributed by atoms with Gasteiger partial charge in [0.2, 0.25) is 5.88 Å². The molecule has 20 heavy (non-hydrogen) atoms. The van der Waals surface area contributed by atoms with Crippen LogP contribution in [0.1, 0.15) is 0 Å². The van der Waals surface area contributed by atoms with Crippen LogP contribution in [0.25, 0.3) is 10.8 Å². The molecule has 100 valence electrons. The molecule has 6 nitrogen and oxygen atoms in total. The van der Waals surface area contributed by atoms with E-state index in [0.717, 1.165) is 16.5 Å². The van der Waals surface area contributed by atoms with Crippen LogP contribution in [0.2, 0.25) is 0 Å². The molecule has 0 spiro atoms. The number of fused-ring (bicyclic) bond motifs is 1. The number of benzene rings is 1. The Hall–Kier alpha value is -2.89. The number of nitrogens with one attached hydrogen (secondary N) is 1. The van der Waals surface area contributed by atoms with Crippen LogP contribution in [-0.2, 0) is 0 Å². The molecule has 0 fully saturated rings. The van der Waals surface area contributed by atoms with Crippen LogP contribution >= 0.6 is 0 Å². The van der Waals surface area contributed by atoms with Crippen molar-refractivity contribution < 1.29 is 4.74 Å². The van der Waals surface area contributed by atoms with Gasteiger partial charge in [-0.05, 0) is 12.1 Å². The summed E-state index contributed by atoms with van der Waals surface area (Å²) < 4.78 is 5.08. The van der Waals surface area contributed by atoms with E-state index in [1.807, 2.05) is 30.5 Å². The average molecular weight is 267 g/mol. The molecule has 0 unspecified atom stereocenters. The highest BCUT2D eigenvalue weighted by molar-refractivity contribution is 5.95. The molecule has 3 N–H and O–H groups in total. The fourth-order valence-electron chi connectivity index (χ4n) is 2.00. The van der Waals surface area contributed by atoms with Gasteiger partial charge in [-0.15, -0.1) is 0 Å². The van der Waals surface area contributed by atoms with E-state index in [1.54, 1.807) is 6.20 Å². The Morgan fingerprint density at radius 3 is 2.95 bits per heavy atom. The maximum Gasteiger partial charge on any atom is 0.242 e. The van der Waals surface area contributed by atoms with Crippen molar-refractivity contribution in [2.24, 2.45) is 0 Å². The van der Waals surface area contributed by atoms with Crippen LogP contribution < -0.4 is 15.8 Å². The minimum Gasteiger partial charge on any atom is -0.479 e. The zero-order valence-corrected chi connectivity index (χ0v) is 10.9. The van der Waals surface area contributed by atoms with E-state index < -0.39 is 0 Å². The zero-order valence-electron chi connectivity index (χ0n) is 10.9. The number of hydrogen-bond acceptors (Lipinski definition) is 6. The number of ether oxygens (including phenoxy) is 1. The fraction of sp³-hybridized carbons (Fsp3) is 0.0714. The summed E-state index contributed by atoms with van der Waals surface area (Å²) in [4.78, 5) is 12.2. The van der Waals surface area contributed by atoms with Crippen LogP contribution in [0.15, 0.2) is 43.0 Å². The van der Waals surface area contributed by atoms with Crippen molar-refractivity contribution in [1.82, 2.24) is 15.0 Å². The molecule has 0 saturated heterocycles. The predicted octanol–water partition coefficient (Wildman–Crippen LogP) is 2.36. The van der Waals surface area contributed by atoms with E-state index in [-0.39, 0.29) is 0 Å². The second kappa shape index (κ2) is 5.00. The van der Waals surface area contributed by atoms with Gasteiger partial charge in [-0.3, -0.25) is 4.98 Å². The first-order chi connectivity index (χ1) is 9.79. The van der Waals surface area contributed by atoms with Crippen molar-refractivity contribution >= 4 is 28.0 Å². The van der Waals surface area contributed by atoms with Crippen LogP contribution in [0, 0.1) is 0 Å². The minimum absolute atomic E-state index is 0.351. The normalized spacial score (nSPS) is 10.4. The number of aromatic nitrogens is 3. The lowest BCUT2D eigenvalue weighted by Gasteiger charge is -2.11. The quantitative estimate of drug-likeness (QED) is 0.757. The largest absolute Gasteiger partial charge is 0.479 e. The average Bonchev–Trinajstić information content (AvgIpc) is 2.50. The van der Waals surface area contributed by atoms with Crippen molar-refractivity contribution in [3.05, 3.63) is 43.0 Å². The smallest absolute Gasteiger partial charge is 0.242 e. The summed E-state index contributed by atoms with van der Waals surface area (Å²) >= 11 is 0. The number of rotatable bonds is 3. The molecule has 0 atom stereocenters. The lowest BCUT2D eigenvalue weighted by Crippen LogP contribution is -2.03. The highest BCUT2D eigenvalue weighted by Crippen LogP contribution is 2.30. The SMILES string of the molecule is COc1ncnc(Nc2cccc3cnccc23)c1N. The number of nitrogens with two attached hydrogens (primary N) is 1. The first-order valence-corrected chi connectivity index (χ1v) is 6.04. The van der Waals surface area contributed by atoms with Gasteiger partial charge in [-0.25, -0.2) is 4.98 Å². The van der Waals surface area contributed by atoms with Gasteiger partial charge in [-0.1, -0.05) is 12.1 Å². The highest BCUT2D eigenvalue weighted by atomic mass is 16.5. The van der Waals surface area contributed by atoms with Gasteiger partial charge in [-0.2, -0.15) is 4.98 Å². The van der Waals surface area contributed by atoms with E-state index in [1.165, 1.54) is 13.4 Å². The Kier molecular flexibility index (Phi) is 3.04. The summed E-state index contributed by atoms with van der Waals surface area (Å²) in [5.74, 6) is 0.866. The molecule has 3 rings (SSSR count). The zero-order chi connectivity index (χ0) is 13.9. The molecule has 0 bridgehead atoms. The Labute approximate surface area is 115 Å². The summed E-state index contributed by atoms with van der Waals surface area (Å²) in [5, 5.41) is 5.29. The molecule has 0 aliphatic carbocycles. The summed E-state index contributed by atoms with van der Waals surface area (Å²) in [7, 11) is 1.52. The summed E-state index contributed by atoms with van der Waals surface area (Å²) in [6, 6.07) is 7.83. The van der Waals surface area contributed by atoms with Crippen molar-refractivity contribution in [2.75, 3.05) is 18.2 Å². The summed E-state index contributed by atoms with van der Waals surface area (Å²) in [5.41, 5.74) is 7.24.